The summed E-state index contributed by atoms with van der Waals surface area (Å²) in [5, 5.41) is 165. The zero-order valence-corrected chi connectivity index (χ0v) is 78.5. The summed E-state index contributed by atoms with van der Waals surface area (Å²) in [6.07, 6.45) is -75.7. The number of thioether (sulfide) groups is 4. The van der Waals surface area contributed by atoms with Crippen LogP contribution >= 0.6 is 47.0 Å². The van der Waals surface area contributed by atoms with E-state index in [0.29, 0.717) is 12.2 Å². The summed E-state index contributed by atoms with van der Waals surface area (Å²) in [6, 6.07) is -28.9. The largest absolute Gasteiger partial charge is 0.394 e. The molecule has 20 rings (SSSR count). The molecule has 8 aliphatic rings. The van der Waals surface area contributed by atoms with E-state index in [9.17, 15) is 78.8 Å². The monoisotopic (exact) mass is 2140 g/mol. The zero-order valence-electron chi connectivity index (χ0n) is 137. The third-order valence-corrected chi connectivity index (χ3v) is 23.6. The van der Waals surface area contributed by atoms with E-state index in [1.807, 2.05) is 6.92 Å². The number of aliphatic hydroxyl groups is 12. The van der Waals surface area contributed by atoms with Gasteiger partial charge in [-0.1, -0.05) is 144 Å². The molecule has 48 heteroatoms. The van der Waals surface area contributed by atoms with Crippen molar-refractivity contribution in [3.05, 3.63) is 140 Å². The van der Waals surface area contributed by atoms with E-state index in [-0.39, 0.29) is 107 Å². The van der Waals surface area contributed by atoms with Crippen molar-refractivity contribution in [2.75, 3.05) is 96.8 Å². The number of aromatic nitrogens is 20. The molecule has 40 nitrogen and oxygen atoms in total. The number of nitrogens with one attached hydrogen (secondary N) is 4. The lowest BCUT2D eigenvalue weighted by atomic mass is 10.1. The maximum atomic E-state index is 14.9. The lowest BCUT2D eigenvalue weighted by molar-refractivity contribution is -0.0629. The van der Waals surface area contributed by atoms with Crippen LogP contribution in [0.2, 0.25) is 0 Å². The van der Waals surface area contributed by atoms with Crippen LogP contribution in [-0.2, 0) is 18.9 Å². The van der Waals surface area contributed by atoms with Crippen LogP contribution in [0, 0.1) is 51.0 Å². The van der Waals surface area contributed by atoms with Crippen LogP contribution in [-0.4, -0.2) is 334 Å². The van der Waals surface area contributed by atoms with Crippen molar-refractivity contribution in [1.29, 1.82) is 0 Å². The summed E-state index contributed by atoms with van der Waals surface area (Å²) in [4.78, 5) is 32.9. The van der Waals surface area contributed by atoms with E-state index in [4.69, 9.17) is 94.5 Å². The van der Waals surface area contributed by atoms with Crippen molar-refractivity contribution in [2.24, 2.45) is 0 Å². The highest BCUT2D eigenvalue weighted by molar-refractivity contribution is 7.99. The molecule has 24 atom stereocenters. The quantitative estimate of drug-likeness (QED) is 0.00969. The zero-order chi connectivity index (χ0) is 157. The molecule has 0 spiro atoms. The summed E-state index contributed by atoms with van der Waals surface area (Å²) < 4.78 is 594. The van der Waals surface area contributed by atoms with Crippen LogP contribution in [0.15, 0.2) is 93.1 Å². The lowest BCUT2D eigenvalue weighted by Gasteiger charge is -2.17. The number of halogens is 4. The molecule has 8 saturated carbocycles. The normalized spacial score (nSPS) is 46.8. The molecule has 0 bridgehead atoms. The molecule has 0 unspecified atom stereocenters. The first-order chi connectivity index (χ1) is 92.5. The van der Waals surface area contributed by atoms with Gasteiger partial charge in [-0.3, -0.25) is 0 Å². The Hall–Kier alpha value is -9.52. The molecule has 8 aliphatic carbocycles. The molecule has 8 fully saturated rings. The van der Waals surface area contributed by atoms with Crippen molar-refractivity contribution < 1.29 is 183 Å². The van der Waals surface area contributed by atoms with Crippen LogP contribution in [0.4, 0.5) is 40.8 Å². The average Bonchev–Trinajstić information content (AvgIpc) is 1.48. The van der Waals surface area contributed by atoms with Crippen molar-refractivity contribution in [3.63, 3.8) is 0 Å². The second kappa shape index (κ2) is 47.3. The lowest BCUT2D eigenvalue weighted by Crippen LogP contribution is -2.33. The number of anilines is 4. The number of benzene rings is 4. The Morgan fingerprint density at radius 3 is 0.972 bits per heavy atom. The molecule has 8 heterocycles. The Balaban J connectivity index is 0.000000177. The van der Waals surface area contributed by atoms with Crippen molar-refractivity contribution >= 4 is 115 Å². The summed E-state index contributed by atoms with van der Waals surface area (Å²) in [5.41, 5.74) is -17.2. The average molecular weight is 2140 g/mol. The molecule has 0 radical (unpaired) electrons. The molecular weight excluding hydrogens is 1950 g/mol. The first kappa shape index (κ1) is 53.1. The van der Waals surface area contributed by atoms with Gasteiger partial charge in [-0.15, -0.1) is 20.4 Å². The number of fused-ring (bicyclic) bond motifs is 4. The van der Waals surface area contributed by atoms with Gasteiger partial charge in [-0.05, 0) is 148 Å². The van der Waals surface area contributed by atoms with Crippen LogP contribution in [0.5, 0.6) is 0 Å². The second-order valence-corrected chi connectivity index (χ2v) is 33.6. The van der Waals surface area contributed by atoms with Gasteiger partial charge in [-0.25, -0.2) is 76.2 Å². The van der Waals surface area contributed by atoms with Crippen LogP contribution in [0.1, 0.15) is 282 Å². The van der Waals surface area contributed by atoms with E-state index < -0.39 is 461 Å². The van der Waals surface area contributed by atoms with Gasteiger partial charge >= 0.3 is 0 Å². The van der Waals surface area contributed by atoms with Gasteiger partial charge in [0.1, 0.15) is 71.9 Å². The first-order valence-electron chi connectivity index (χ1n) is 73.1. The van der Waals surface area contributed by atoms with E-state index >= 15 is 0 Å². The van der Waals surface area contributed by atoms with Gasteiger partial charge in [-0.2, -0.15) is 0 Å². The number of rotatable bonds is 40. The maximum absolute atomic E-state index is 14.9. The van der Waals surface area contributed by atoms with Gasteiger partial charge in [0.25, 0.3) is 0 Å². The molecule has 16 N–H and O–H groups in total. The van der Waals surface area contributed by atoms with Gasteiger partial charge in [0, 0.05) is 132 Å². The highest BCUT2D eigenvalue weighted by Gasteiger charge is 2.51. The van der Waals surface area contributed by atoms with Crippen molar-refractivity contribution in [3.8, 4) is 0 Å². The van der Waals surface area contributed by atoms with Crippen LogP contribution in [0.25, 0.3) is 44.7 Å². The minimum atomic E-state index is -4.44. The van der Waals surface area contributed by atoms with Gasteiger partial charge in [0.15, 0.2) is 88.6 Å². The van der Waals surface area contributed by atoms with Gasteiger partial charge in [0.05, 0.1) is 150 Å². The third-order valence-electron chi connectivity index (χ3n) is 20.5. The molecule has 4 aromatic carbocycles. The maximum Gasteiger partial charge on any atom is 0.191 e. The Labute approximate surface area is 930 Å². The van der Waals surface area contributed by atoms with E-state index in [1.165, 1.54) is 27.7 Å². The fourth-order valence-corrected chi connectivity index (χ4v) is 15.3. The topological polar surface area (TPSA) is 554 Å². The number of ether oxygens (including phenoxy) is 4. The molecule has 0 aliphatic heterocycles. The summed E-state index contributed by atoms with van der Waals surface area (Å²) >= 11 is 1.15. The smallest absolute Gasteiger partial charge is 0.191 e. The Morgan fingerprint density at radius 2 is 0.674 bits per heavy atom. The molecule has 0 amide bonds. The predicted octanol–water partition coefficient (Wildman–Crippen LogP) is 8.73. The van der Waals surface area contributed by atoms with Gasteiger partial charge < -0.3 is 101 Å². The Morgan fingerprint density at radius 1 is 0.375 bits per heavy atom. The van der Waals surface area contributed by atoms with E-state index in [2.05, 4.69) is 112 Å². The molecule has 776 valence electrons. The Bertz CT molecular complexity index is 9860. The van der Waals surface area contributed by atoms with Crippen LogP contribution < -0.4 is 21.3 Å². The standard InChI is InChI=1S/4C24H31FN6O4S/c4*1-3-8-36-24-27-22(26-16-10-14(16)13-5-4-12(2)15(25)9-13)19-23(28-24)31(30-29-19)17-11-18(35-7-6-32)21(34)20(17)33/h4*4-5,9,14,16-18,20-21,32-34H,3,6-8,10-11H2,1-2H3,(H,26,27,28)/t4*14-,16+,17+,18-,20-,21+/m0000/s1/i3D2,4D,5D,6D2,7D2,8D2,9D,11D2,14D,17D,18D,20D,21D;3D2,4D,5D,7D2,8D2,9D,11D2,14D,17D,18D,20D,21D;3D2,4D,5D,6D2,8D2,9D,11D2,14D,17D,18D,20D,21D;4D,5D,9D,10D2,11D2,14D,17D,18D,20D,21D. The summed E-state index contributed by atoms with van der Waals surface area (Å²) in [5.74, 6) is -14.5. The van der Waals surface area contributed by atoms with Crippen molar-refractivity contribution in [1.82, 2.24) is 99.8 Å². The third kappa shape index (κ3) is 23.8. The summed E-state index contributed by atoms with van der Waals surface area (Å²) in [7, 11) is 0. The van der Waals surface area contributed by atoms with Crippen molar-refractivity contribution in [2.45, 2.75) is 297 Å². The fourth-order valence-electron chi connectivity index (χ4n) is 13.2. The first-order valence-corrected chi connectivity index (χ1v) is 45.5. The second-order valence-electron chi connectivity index (χ2n) is 30.2. The number of aliphatic hydroxyl groups excluding tert-OH is 2. The SMILES string of the molecule is [2H]c1c([2H])c([C@@]2([2H])[C@H](Nc3nc(SCCC)nc4c3nnn4[C@]3([2H])C([2H])([2H])[C@]([2H])(OCCO)[C@@]([2H])(O)[C@@]3([2H])O)C2([2H])[2H])c([2H])c(F)c1C.[2H]c1c([2H])c([C@]2([2H])C[C@H]2Nc2nc(SC([2H])([2H])C([2H])([2H])C)nc3c2nnn3[C@]2([2H])C([2H])([2H])[C@]([2H])(OC([2H])([2H])C([2H])([2H])O)[C@@]([2H])(O)[C@@]2([2H])O)c([2H])c(F)c1C.[2H]c1c([2H])c([C@]2([2H])C[C@H]2Nc2nc(SC([2H])([2H])C([2H])([2H])C)nc3c2nnn3[C@]2([2H])C([2H])([2H])[C@]([2H])(OC([2H])([2H])CO)[C@@]([2H])(O)[C@@]2([2H])O)c([2H])c(F)c1C.[2H]c1c([2H])c([C@]2([2H])C[C@H]2Nc2nc(SC([2H])([2H])C([2H])([2H])C)nc3c2nnn3[C@]2([2H])C([2H])([2H])[C@]([2H])(OCC([2H])([2H])O)[C@@]([2H])(O)[C@@]2([2H])O)c([2H])c(F)c1C. The highest BCUT2D eigenvalue weighted by atomic mass is 32.2. The number of hydrogen-bond acceptors (Lipinski definition) is 40. The molecule has 8 aromatic heterocycles. The molecule has 144 heavy (non-hydrogen) atoms. The van der Waals surface area contributed by atoms with E-state index in [0.717, 1.165) is 32.5 Å². The number of nitrogens with zero attached hydrogens (tertiary/aromatic N) is 20. The molecule has 12 aromatic rings. The van der Waals surface area contributed by atoms with Gasteiger partial charge in [0.2, 0.25) is 0 Å². The minimum absolute atomic E-state index is 0.0140. The van der Waals surface area contributed by atoms with Crippen LogP contribution in [0.3, 0.4) is 0 Å². The fraction of sp³-hybridized carbons (Fsp3) is 0.583. The number of hydrogen-bond donors (Lipinski definition) is 16. The highest BCUT2D eigenvalue weighted by Crippen LogP contribution is 2.50. The minimum Gasteiger partial charge on any atom is -0.394 e. The van der Waals surface area contributed by atoms with E-state index in [1.54, 1.807) is 0 Å². The Kier molecular flexibility index (Phi) is 17.4. The molecular formula is C96H124F4N24O16S4. The molecule has 0 saturated heterocycles. The predicted molar refractivity (Wildman–Crippen MR) is 530 cm³/mol. The summed E-state index contributed by atoms with van der Waals surface area (Å²) in [6.45, 7) is -10.5.